The molecule has 0 saturated carbocycles. The Labute approximate surface area is 116 Å². The third-order valence-corrected chi connectivity index (χ3v) is 3.70. The maximum Gasteiger partial charge on any atom is 0.228 e. The summed E-state index contributed by atoms with van der Waals surface area (Å²) in [4.78, 5) is 12.9. The molecule has 0 fully saturated rings. The SMILES string of the molecule is CSc1cc2c(cc1NC(=O)C(C)CN)OCCO2. The second-order valence-electron chi connectivity index (χ2n) is 4.32. The van der Waals surface area contributed by atoms with Gasteiger partial charge in [-0.15, -0.1) is 11.8 Å². The van der Waals surface area contributed by atoms with Crippen LogP contribution in [0.15, 0.2) is 17.0 Å². The Morgan fingerprint density at radius 2 is 2.05 bits per heavy atom. The van der Waals surface area contributed by atoms with Crippen molar-refractivity contribution in [2.75, 3.05) is 31.3 Å². The van der Waals surface area contributed by atoms with E-state index in [1.165, 1.54) is 0 Å². The molecule has 1 atom stereocenters. The highest BCUT2D eigenvalue weighted by Crippen LogP contribution is 2.39. The van der Waals surface area contributed by atoms with E-state index in [0.717, 1.165) is 16.3 Å². The number of anilines is 1. The summed E-state index contributed by atoms with van der Waals surface area (Å²) in [7, 11) is 0. The van der Waals surface area contributed by atoms with Crippen LogP contribution in [0.2, 0.25) is 0 Å². The molecule has 19 heavy (non-hydrogen) atoms. The first-order valence-electron chi connectivity index (χ1n) is 6.14. The lowest BCUT2D eigenvalue weighted by Crippen LogP contribution is -2.27. The predicted octanol–water partition coefficient (Wildman–Crippen LogP) is 1.71. The molecule has 1 aliphatic heterocycles. The van der Waals surface area contributed by atoms with Crippen molar-refractivity contribution in [3.05, 3.63) is 12.1 Å². The van der Waals surface area contributed by atoms with Gasteiger partial charge in [-0.2, -0.15) is 0 Å². The summed E-state index contributed by atoms with van der Waals surface area (Å²) < 4.78 is 11.0. The van der Waals surface area contributed by atoms with Crippen LogP contribution in [-0.4, -0.2) is 31.9 Å². The van der Waals surface area contributed by atoms with E-state index >= 15 is 0 Å². The van der Waals surface area contributed by atoms with Crippen molar-refractivity contribution in [1.82, 2.24) is 0 Å². The quantitative estimate of drug-likeness (QED) is 0.822. The predicted molar refractivity (Wildman–Crippen MR) is 76.1 cm³/mol. The number of thioether (sulfide) groups is 1. The topological polar surface area (TPSA) is 73.6 Å². The highest BCUT2D eigenvalue weighted by molar-refractivity contribution is 7.98. The molecule has 0 aromatic heterocycles. The summed E-state index contributed by atoms with van der Waals surface area (Å²) in [6, 6.07) is 3.70. The van der Waals surface area contributed by atoms with E-state index in [1.807, 2.05) is 18.4 Å². The third kappa shape index (κ3) is 3.13. The first-order chi connectivity index (χ1) is 9.15. The Morgan fingerprint density at radius 3 is 2.63 bits per heavy atom. The van der Waals surface area contributed by atoms with Gasteiger partial charge in [0.15, 0.2) is 11.5 Å². The molecular formula is C13H18N2O3S. The molecule has 6 heteroatoms. The zero-order valence-electron chi connectivity index (χ0n) is 11.1. The number of rotatable bonds is 4. The zero-order chi connectivity index (χ0) is 13.8. The van der Waals surface area contributed by atoms with Crippen LogP contribution in [0.1, 0.15) is 6.92 Å². The van der Waals surface area contributed by atoms with Gasteiger partial charge in [-0.25, -0.2) is 0 Å². The number of fused-ring (bicyclic) bond motifs is 1. The summed E-state index contributed by atoms with van der Waals surface area (Å²) in [6.07, 6.45) is 1.95. The molecule has 0 saturated heterocycles. The van der Waals surface area contributed by atoms with Crippen molar-refractivity contribution in [3.63, 3.8) is 0 Å². The molecule has 1 aliphatic rings. The van der Waals surface area contributed by atoms with Crippen LogP contribution in [-0.2, 0) is 4.79 Å². The number of carbonyl (C=O) groups is 1. The summed E-state index contributed by atoms with van der Waals surface area (Å²) >= 11 is 1.55. The molecule has 1 aromatic rings. The number of carbonyl (C=O) groups excluding carboxylic acids is 1. The van der Waals surface area contributed by atoms with Gasteiger partial charge in [0, 0.05) is 23.4 Å². The Balaban J connectivity index is 2.26. The zero-order valence-corrected chi connectivity index (χ0v) is 11.9. The van der Waals surface area contributed by atoms with Crippen LogP contribution in [0.5, 0.6) is 11.5 Å². The monoisotopic (exact) mass is 282 g/mol. The summed E-state index contributed by atoms with van der Waals surface area (Å²) in [5.74, 6) is 1.08. The van der Waals surface area contributed by atoms with Gasteiger partial charge in [-0.1, -0.05) is 6.92 Å². The molecule has 2 rings (SSSR count). The van der Waals surface area contributed by atoms with E-state index in [2.05, 4.69) is 5.32 Å². The second-order valence-corrected chi connectivity index (χ2v) is 5.17. The molecule has 0 bridgehead atoms. The fourth-order valence-electron chi connectivity index (χ4n) is 1.70. The highest BCUT2D eigenvalue weighted by atomic mass is 32.2. The van der Waals surface area contributed by atoms with Gasteiger partial charge in [0.25, 0.3) is 0 Å². The van der Waals surface area contributed by atoms with Gasteiger partial charge in [-0.3, -0.25) is 4.79 Å². The standard InChI is InChI=1S/C13H18N2O3S/c1-8(7-14)13(16)15-9-5-10-11(6-12(9)19-2)18-4-3-17-10/h5-6,8H,3-4,7,14H2,1-2H3,(H,15,16). The fraction of sp³-hybridized carbons (Fsp3) is 0.462. The number of amides is 1. The van der Waals surface area contributed by atoms with Crippen LogP contribution in [0.3, 0.4) is 0 Å². The normalized spacial score (nSPS) is 14.9. The second kappa shape index (κ2) is 6.16. The maximum atomic E-state index is 11.9. The van der Waals surface area contributed by atoms with E-state index < -0.39 is 0 Å². The number of nitrogens with one attached hydrogen (secondary N) is 1. The van der Waals surface area contributed by atoms with Crippen molar-refractivity contribution in [1.29, 1.82) is 0 Å². The van der Waals surface area contributed by atoms with E-state index in [4.69, 9.17) is 15.2 Å². The summed E-state index contributed by atoms with van der Waals surface area (Å²) in [6.45, 7) is 3.20. The van der Waals surface area contributed by atoms with E-state index in [-0.39, 0.29) is 11.8 Å². The van der Waals surface area contributed by atoms with Crippen LogP contribution >= 0.6 is 11.8 Å². The maximum absolute atomic E-state index is 11.9. The minimum atomic E-state index is -0.220. The molecule has 3 N–H and O–H groups in total. The Kier molecular flexibility index (Phi) is 4.55. The van der Waals surface area contributed by atoms with Gasteiger partial charge in [0.1, 0.15) is 13.2 Å². The molecule has 0 spiro atoms. The van der Waals surface area contributed by atoms with Gasteiger partial charge in [0.05, 0.1) is 5.69 Å². The largest absolute Gasteiger partial charge is 0.486 e. The van der Waals surface area contributed by atoms with Crippen molar-refractivity contribution < 1.29 is 14.3 Å². The van der Waals surface area contributed by atoms with Crippen molar-refractivity contribution in [3.8, 4) is 11.5 Å². The molecule has 1 unspecified atom stereocenters. The van der Waals surface area contributed by atoms with Crippen molar-refractivity contribution >= 4 is 23.4 Å². The Bertz CT molecular complexity index is 479. The fourth-order valence-corrected chi connectivity index (χ4v) is 2.25. The number of nitrogens with two attached hydrogens (primary N) is 1. The number of hydrogen-bond acceptors (Lipinski definition) is 5. The van der Waals surface area contributed by atoms with Crippen LogP contribution in [0, 0.1) is 5.92 Å². The average molecular weight is 282 g/mol. The number of benzene rings is 1. The molecule has 0 aliphatic carbocycles. The van der Waals surface area contributed by atoms with Crippen LogP contribution in [0.25, 0.3) is 0 Å². The van der Waals surface area contributed by atoms with Gasteiger partial charge in [0.2, 0.25) is 5.91 Å². The highest BCUT2D eigenvalue weighted by Gasteiger charge is 2.18. The average Bonchev–Trinajstić information content (AvgIpc) is 2.45. The van der Waals surface area contributed by atoms with Gasteiger partial charge < -0.3 is 20.5 Å². The molecule has 0 radical (unpaired) electrons. The minimum absolute atomic E-state index is 0.0884. The summed E-state index contributed by atoms with van der Waals surface area (Å²) in [5, 5.41) is 2.89. The van der Waals surface area contributed by atoms with E-state index in [1.54, 1.807) is 18.7 Å². The van der Waals surface area contributed by atoms with Crippen molar-refractivity contribution in [2.24, 2.45) is 11.7 Å². The van der Waals surface area contributed by atoms with Gasteiger partial charge >= 0.3 is 0 Å². The summed E-state index contributed by atoms with van der Waals surface area (Å²) in [5.41, 5.74) is 6.24. The molecular weight excluding hydrogens is 264 g/mol. The van der Waals surface area contributed by atoms with Crippen LogP contribution < -0.4 is 20.5 Å². The molecule has 1 amide bonds. The Hall–Kier alpha value is -1.40. The van der Waals surface area contributed by atoms with Crippen molar-refractivity contribution in [2.45, 2.75) is 11.8 Å². The molecule has 104 valence electrons. The first-order valence-corrected chi connectivity index (χ1v) is 7.36. The van der Waals surface area contributed by atoms with Gasteiger partial charge in [-0.05, 0) is 12.3 Å². The Morgan fingerprint density at radius 1 is 1.42 bits per heavy atom. The molecule has 1 heterocycles. The number of hydrogen-bond donors (Lipinski definition) is 2. The lowest BCUT2D eigenvalue weighted by Gasteiger charge is -2.21. The third-order valence-electron chi connectivity index (χ3n) is 2.92. The van der Waals surface area contributed by atoms with E-state index in [9.17, 15) is 4.79 Å². The lowest BCUT2D eigenvalue weighted by atomic mass is 10.1. The first kappa shape index (κ1) is 14.0. The van der Waals surface area contributed by atoms with E-state index in [0.29, 0.717) is 25.5 Å². The lowest BCUT2D eigenvalue weighted by molar-refractivity contribution is -0.119. The smallest absolute Gasteiger partial charge is 0.228 e. The molecule has 5 nitrogen and oxygen atoms in total. The minimum Gasteiger partial charge on any atom is -0.486 e. The number of ether oxygens (including phenoxy) is 2. The molecule has 1 aromatic carbocycles. The van der Waals surface area contributed by atoms with Crippen LogP contribution in [0.4, 0.5) is 5.69 Å².